The first-order chi connectivity index (χ1) is 9.51. The van der Waals surface area contributed by atoms with Crippen LogP contribution in [-0.4, -0.2) is 30.7 Å². The quantitative estimate of drug-likeness (QED) is 0.910. The zero-order valence-corrected chi connectivity index (χ0v) is 13.7. The number of anilines is 1. The van der Waals surface area contributed by atoms with Crippen LogP contribution in [0.15, 0.2) is 17.1 Å². The van der Waals surface area contributed by atoms with Gasteiger partial charge in [0.2, 0.25) is 0 Å². The van der Waals surface area contributed by atoms with Crippen LogP contribution < -0.4 is 14.8 Å². The third-order valence-corrected chi connectivity index (χ3v) is 4.90. The number of thioether (sulfide) groups is 1. The van der Waals surface area contributed by atoms with Gasteiger partial charge in [0.15, 0.2) is 5.17 Å². The Kier molecular flexibility index (Phi) is 4.70. The Balaban J connectivity index is 2.27. The molecule has 4 nitrogen and oxygen atoms in total. The monoisotopic (exact) mass is 314 g/mol. The number of nitrogens with one attached hydrogen (secondary N) is 1. The second-order valence-electron chi connectivity index (χ2n) is 4.87. The van der Waals surface area contributed by atoms with Gasteiger partial charge in [-0.2, -0.15) is 0 Å². The average molecular weight is 315 g/mol. The summed E-state index contributed by atoms with van der Waals surface area (Å²) in [6, 6.07) is 3.56. The molecule has 2 rings (SSSR count). The molecule has 1 atom stereocenters. The first-order valence-corrected chi connectivity index (χ1v) is 7.79. The Bertz CT molecular complexity index is 536. The Morgan fingerprint density at radius 3 is 2.60 bits per heavy atom. The molecule has 0 fully saturated rings. The van der Waals surface area contributed by atoms with Crippen LogP contribution in [0, 0.1) is 0 Å². The molecular formula is C14H19ClN2O2S. The summed E-state index contributed by atoms with van der Waals surface area (Å²) in [5, 5.41) is 4.72. The van der Waals surface area contributed by atoms with Crippen molar-refractivity contribution in [3.63, 3.8) is 0 Å². The van der Waals surface area contributed by atoms with E-state index in [4.69, 9.17) is 26.1 Å². The van der Waals surface area contributed by atoms with Gasteiger partial charge in [-0.05, 0) is 13.3 Å². The summed E-state index contributed by atoms with van der Waals surface area (Å²) < 4.78 is 10.6. The van der Waals surface area contributed by atoms with Crippen LogP contribution >= 0.6 is 23.4 Å². The molecule has 20 heavy (non-hydrogen) atoms. The third kappa shape index (κ3) is 3.15. The first kappa shape index (κ1) is 15.3. The van der Waals surface area contributed by atoms with Crippen LogP contribution in [0.4, 0.5) is 5.69 Å². The molecule has 0 radical (unpaired) electrons. The molecule has 1 aliphatic heterocycles. The lowest BCUT2D eigenvalue weighted by Gasteiger charge is -2.15. The number of hydrogen-bond donors (Lipinski definition) is 1. The van der Waals surface area contributed by atoms with Crippen LogP contribution in [0.1, 0.15) is 20.3 Å². The predicted molar refractivity (Wildman–Crippen MR) is 86.8 cm³/mol. The van der Waals surface area contributed by atoms with Crippen LogP contribution in [0.25, 0.3) is 0 Å². The zero-order valence-electron chi connectivity index (χ0n) is 12.1. The number of hydrogen-bond acceptors (Lipinski definition) is 5. The average Bonchev–Trinajstić information content (AvgIpc) is 2.82. The molecule has 1 N–H and O–H groups in total. The molecule has 6 heteroatoms. The summed E-state index contributed by atoms with van der Waals surface area (Å²) in [5.74, 6) is 2.26. The van der Waals surface area contributed by atoms with Gasteiger partial charge in [-0.15, -0.1) is 0 Å². The van der Waals surface area contributed by atoms with Crippen molar-refractivity contribution in [2.75, 3.05) is 25.3 Å². The maximum Gasteiger partial charge on any atom is 0.161 e. The molecule has 1 aromatic carbocycles. The lowest BCUT2D eigenvalue weighted by molar-refractivity contribution is 0.405. The van der Waals surface area contributed by atoms with Crippen molar-refractivity contribution in [2.45, 2.75) is 25.8 Å². The van der Waals surface area contributed by atoms with E-state index < -0.39 is 0 Å². The van der Waals surface area contributed by atoms with Crippen LogP contribution in [-0.2, 0) is 0 Å². The summed E-state index contributed by atoms with van der Waals surface area (Å²) in [6.07, 6.45) is 1.02. The summed E-state index contributed by atoms with van der Waals surface area (Å²) in [5.41, 5.74) is 0.817. The molecule has 1 aliphatic rings. The number of aliphatic imine (C=N–C) groups is 1. The van der Waals surface area contributed by atoms with Gasteiger partial charge in [0.25, 0.3) is 0 Å². The highest BCUT2D eigenvalue weighted by atomic mass is 35.5. The normalized spacial score (nSPS) is 21.6. The Morgan fingerprint density at radius 2 is 2.05 bits per heavy atom. The van der Waals surface area contributed by atoms with E-state index in [2.05, 4.69) is 19.2 Å². The Hall–Kier alpha value is -1.07. The van der Waals surface area contributed by atoms with E-state index in [0.29, 0.717) is 16.5 Å². The third-order valence-electron chi connectivity index (χ3n) is 3.37. The van der Waals surface area contributed by atoms with E-state index in [0.717, 1.165) is 23.0 Å². The maximum absolute atomic E-state index is 6.10. The molecule has 1 unspecified atom stereocenters. The van der Waals surface area contributed by atoms with Crippen LogP contribution in [0.2, 0.25) is 5.02 Å². The summed E-state index contributed by atoms with van der Waals surface area (Å²) in [4.78, 5) is 4.73. The molecule has 110 valence electrons. The van der Waals surface area contributed by atoms with Gasteiger partial charge in [-0.1, -0.05) is 30.3 Å². The molecule has 0 amide bonds. The van der Waals surface area contributed by atoms with E-state index in [1.54, 1.807) is 32.0 Å². The Labute approximate surface area is 128 Å². The lowest BCUT2D eigenvalue weighted by Crippen LogP contribution is -2.20. The minimum atomic E-state index is 0.0107. The second kappa shape index (κ2) is 6.14. The number of benzene rings is 1. The van der Waals surface area contributed by atoms with Gasteiger partial charge >= 0.3 is 0 Å². The topological polar surface area (TPSA) is 42.8 Å². The minimum absolute atomic E-state index is 0.0107. The SMILES string of the molecule is CCC1(C)CSC(Nc2cc(OC)c(Cl)cc2OC)=N1. The largest absolute Gasteiger partial charge is 0.495 e. The van der Waals surface area contributed by atoms with Gasteiger partial charge in [-0.3, -0.25) is 4.99 Å². The van der Waals surface area contributed by atoms with Gasteiger partial charge < -0.3 is 14.8 Å². The fourth-order valence-electron chi connectivity index (χ4n) is 1.85. The second-order valence-corrected chi connectivity index (χ2v) is 6.24. The fraction of sp³-hybridized carbons (Fsp3) is 0.500. The summed E-state index contributed by atoms with van der Waals surface area (Å²) in [7, 11) is 3.20. The van der Waals surface area contributed by atoms with Crippen molar-refractivity contribution in [2.24, 2.45) is 4.99 Å². The molecule has 1 aromatic rings. The zero-order chi connectivity index (χ0) is 14.8. The predicted octanol–water partition coefficient (Wildman–Crippen LogP) is 4.04. The van der Waals surface area contributed by atoms with Crippen LogP contribution in [0.3, 0.4) is 0 Å². The molecule has 0 saturated heterocycles. The highest BCUT2D eigenvalue weighted by molar-refractivity contribution is 8.14. The van der Waals surface area contributed by atoms with Gasteiger partial charge in [0.05, 0.1) is 30.5 Å². The number of methoxy groups -OCH3 is 2. The molecule has 1 heterocycles. The highest BCUT2D eigenvalue weighted by Gasteiger charge is 2.29. The first-order valence-electron chi connectivity index (χ1n) is 6.42. The van der Waals surface area contributed by atoms with Crippen molar-refractivity contribution in [3.8, 4) is 11.5 Å². The maximum atomic E-state index is 6.10. The molecule has 0 aromatic heterocycles. The molecular weight excluding hydrogens is 296 g/mol. The van der Waals surface area contributed by atoms with Crippen molar-refractivity contribution in [1.29, 1.82) is 0 Å². The van der Waals surface area contributed by atoms with Crippen molar-refractivity contribution in [3.05, 3.63) is 17.2 Å². The number of amidine groups is 1. The number of rotatable bonds is 4. The molecule has 0 bridgehead atoms. The van der Waals surface area contributed by atoms with Crippen LogP contribution in [0.5, 0.6) is 11.5 Å². The summed E-state index contributed by atoms with van der Waals surface area (Å²) >= 11 is 7.81. The van der Waals surface area contributed by atoms with E-state index in [-0.39, 0.29) is 5.54 Å². The van der Waals surface area contributed by atoms with Crippen molar-refractivity contribution < 1.29 is 9.47 Å². The van der Waals surface area contributed by atoms with Crippen molar-refractivity contribution >= 4 is 34.2 Å². The van der Waals surface area contributed by atoms with Gasteiger partial charge in [0.1, 0.15) is 11.5 Å². The number of ether oxygens (including phenoxy) is 2. The standard InChI is InChI=1S/C14H19ClN2O2S/c1-5-14(2)8-20-13(17-14)16-10-7-11(18-3)9(15)6-12(10)19-4/h6-7H,5,8H2,1-4H3,(H,16,17). The molecule has 0 saturated carbocycles. The van der Waals surface area contributed by atoms with E-state index in [9.17, 15) is 0 Å². The molecule has 0 spiro atoms. The number of nitrogens with zero attached hydrogens (tertiary/aromatic N) is 1. The van der Waals surface area contributed by atoms with E-state index in [1.807, 2.05) is 6.07 Å². The summed E-state index contributed by atoms with van der Waals surface area (Å²) in [6.45, 7) is 4.31. The van der Waals surface area contributed by atoms with Gasteiger partial charge in [-0.25, -0.2) is 0 Å². The fourth-order valence-corrected chi connectivity index (χ4v) is 3.27. The lowest BCUT2D eigenvalue weighted by atomic mass is 10.0. The van der Waals surface area contributed by atoms with Crippen molar-refractivity contribution in [1.82, 2.24) is 0 Å². The Morgan fingerprint density at radius 1 is 1.35 bits per heavy atom. The van der Waals surface area contributed by atoms with E-state index >= 15 is 0 Å². The number of halogens is 1. The smallest absolute Gasteiger partial charge is 0.161 e. The highest BCUT2D eigenvalue weighted by Crippen LogP contribution is 2.38. The minimum Gasteiger partial charge on any atom is -0.495 e. The van der Waals surface area contributed by atoms with E-state index in [1.165, 1.54) is 0 Å². The van der Waals surface area contributed by atoms with Gasteiger partial charge in [0, 0.05) is 17.9 Å². The molecule has 0 aliphatic carbocycles.